The third-order valence-corrected chi connectivity index (χ3v) is 4.38. The van der Waals surface area contributed by atoms with Gasteiger partial charge in [0.25, 0.3) is 0 Å². The van der Waals surface area contributed by atoms with Crippen molar-refractivity contribution in [2.24, 2.45) is 16.2 Å². The van der Waals surface area contributed by atoms with Crippen LogP contribution >= 0.6 is 0 Å². The molecule has 0 aromatic rings. The molecule has 0 saturated carbocycles. The van der Waals surface area contributed by atoms with Gasteiger partial charge in [-0.1, -0.05) is 142 Å². The predicted molar refractivity (Wildman–Crippen MR) is 135 cm³/mol. The minimum absolute atomic E-state index is 0. The molecule has 0 bridgehead atoms. The van der Waals surface area contributed by atoms with Crippen LogP contribution in [0.25, 0.3) is 5.32 Å². The van der Waals surface area contributed by atoms with E-state index in [1.54, 1.807) is 0 Å². The van der Waals surface area contributed by atoms with E-state index in [4.69, 9.17) is 0 Å². The molecule has 0 aromatic heterocycles. The van der Waals surface area contributed by atoms with Gasteiger partial charge in [0, 0.05) is 5.41 Å². The Labute approximate surface area is 241 Å². The fraction of sp³-hybridized carbons (Fsp3) is 0.963. The van der Waals surface area contributed by atoms with Crippen LogP contribution < -0.4 is 58.2 Å². The molecule has 0 saturated heterocycles. The van der Waals surface area contributed by atoms with Crippen molar-refractivity contribution in [3.63, 3.8) is 0 Å². The van der Waals surface area contributed by atoms with E-state index in [-0.39, 0.29) is 85.9 Å². The van der Waals surface area contributed by atoms with Gasteiger partial charge in [0.05, 0.1) is 5.91 Å². The predicted octanol–water partition coefficient (Wildman–Crippen LogP) is 6.96. The van der Waals surface area contributed by atoms with Crippen molar-refractivity contribution in [3.8, 4) is 0 Å². The number of amides is 1. The van der Waals surface area contributed by atoms with Crippen molar-refractivity contribution in [3.05, 3.63) is 5.32 Å². The first-order valence-electron chi connectivity index (χ1n) is 12.2. The molecule has 0 unspecified atom stereocenters. The summed E-state index contributed by atoms with van der Waals surface area (Å²) in [5.41, 5.74) is -0.345. The van der Waals surface area contributed by atoms with Crippen LogP contribution in [0.3, 0.4) is 0 Å². The molecule has 3 heteroatoms. The Morgan fingerprint density at radius 2 is 0.967 bits per heavy atom. The van der Waals surface area contributed by atoms with Gasteiger partial charge < -0.3 is 10.1 Å². The van der Waals surface area contributed by atoms with Gasteiger partial charge in [0.2, 0.25) is 0 Å². The Morgan fingerprint density at radius 1 is 0.633 bits per heavy atom. The molecular formula is C27H58NORb. The molecule has 0 aliphatic heterocycles. The summed E-state index contributed by atoms with van der Waals surface area (Å²) < 4.78 is 0. The molecule has 0 aromatic carbocycles. The van der Waals surface area contributed by atoms with Crippen molar-refractivity contribution in [2.75, 3.05) is 0 Å². The maximum absolute atomic E-state index is 12.5. The number of unbranched alkanes of at least 4 members (excludes halogenated alkanes) is 5. The Balaban J connectivity index is -0.000000259. The number of rotatable bonds is 9. The van der Waals surface area contributed by atoms with Crippen molar-refractivity contribution < 1.29 is 63.0 Å². The van der Waals surface area contributed by atoms with Gasteiger partial charge in [-0.05, 0) is 17.3 Å². The largest absolute Gasteiger partial charge is 1.00 e. The summed E-state index contributed by atoms with van der Waals surface area (Å²) in [5, 5.41) is 4.51. The van der Waals surface area contributed by atoms with Crippen molar-refractivity contribution in [1.29, 1.82) is 0 Å². The standard InChI is InChI=1S/C17H35NO.C8H18.C2H6.Rb/c1-14(2,3)11-16(7,8)13(19)18-17(9,10)12-15(4,5)6;1-3-5-7-8-6-4-2;1-2;/h11-12H2,1-10H3,(H,18,19);3-8H2,1-2H3;1-2H3;/q;;;+1/p-1. The SMILES string of the molecule is CC.CC(C)(C)CC(C)(C)[N-]C(=O)C(C)(C)CC(C)(C)C.CCCCCCCC.[Rb+]. The molecule has 0 fully saturated rings. The van der Waals surface area contributed by atoms with Gasteiger partial charge in [-0.25, -0.2) is 0 Å². The van der Waals surface area contributed by atoms with Crippen LogP contribution in [0.15, 0.2) is 0 Å². The van der Waals surface area contributed by atoms with Gasteiger partial charge in [0.15, 0.2) is 0 Å². The normalized spacial score (nSPS) is 11.9. The van der Waals surface area contributed by atoms with E-state index in [9.17, 15) is 4.79 Å². The summed E-state index contributed by atoms with van der Waals surface area (Å²) in [6.45, 7) is 29.7. The van der Waals surface area contributed by atoms with E-state index in [1.165, 1.54) is 38.5 Å². The minimum atomic E-state index is -0.382. The second kappa shape index (κ2) is 18.7. The van der Waals surface area contributed by atoms with Crippen LogP contribution in [0, 0.1) is 16.2 Å². The molecular weight excluding hydrogens is 440 g/mol. The Morgan fingerprint density at radius 3 is 1.23 bits per heavy atom. The van der Waals surface area contributed by atoms with E-state index >= 15 is 0 Å². The summed E-state index contributed by atoms with van der Waals surface area (Å²) in [6.07, 6.45) is 10.3. The van der Waals surface area contributed by atoms with E-state index in [1.807, 2.05) is 27.7 Å². The molecule has 0 aliphatic rings. The zero-order valence-electron chi connectivity index (χ0n) is 24.0. The van der Waals surface area contributed by atoms with Crippen LogP contribution in [0.2, 0.25) is 0 Å². The number of hydrogen-bond acceptors (Lipinski definition) is 1. The molecule has 0 heterocycles. The molecule has 30 heavy (non-hydrogen) atoms. The van der Waals surface area contributed by atoms with Gasteiger partial charge in [-0.3, -0.25) is 0 Å². The summed E-state index contributed by atoms with van der Waals surface area (Å²) in [4.78, 5) is 12.5. The summed E-state index contributed by atoms with van der Waals surface area (Å²) >= 11 is 0. The first-order chi connectivity index (χ1) is 13.0. The molecule has 0 N–H and O–H groups in total. The fourth-order valence-corrected chi connectivity index (χ4v) is 4.02. The topological polar surface area (TPSA) is 31.2 Å². The monoisotopic (exact) mass is 497 g/mol. The Kier molecular flexibility index (Phi) is 24.0. The van der Waals surface area contributed by atoms with E-state index in [0.717, 1.165) is 12.8 Å². The third kappa shape index (κ3) is 27.3. The van der Waals surface area contributed by atoms with Crippen molar-refractivity contribution >= 4 is 5.91 Å². The number of carbonyl (C=O) groups excluding carboxylic acids is 1. The molecule has 0 aliphatic carbocycles. The number of hydrogen-bond donors (Lipinski definition) is 0. The molecule has 0 rings (SSSR count). The Hall–Kier alpha value is 1.28. The molecule has 178 valence electrons. The quantitative estimate of drug-likeness (QED) is 0.316. The van der Waals surface area contributed by atoms with E-state index in [2.05, 4.69) is 74.6 Å². The van der Waals surface area contributed by atoms with E-state index < -0.39 is 0 Å². The zero-order valence-corrected chi connectivity index (χ0v) is 28.9. The van der Waals surface area contributed by atoms with Gasteiger partial charge in [0.1, 0.15) is 0 Å². The van der Waals surface area contributed by atoms with Crippen molar-refractivity contribution in [1.82, 2.24) is 0 Å². The maximum Gasteiger partial charge on any atom is 1.00 e. The molecule has 0 radical (unpaired) electrons. The number of carbonyl (C=O) groups is 1. The van der Waals surface area contributed by atoms with Crippen LogP contribution in [-0.4, -0.2) is 11.4 Å². The first-order valence-corrected chi connectivity index (χ1v) is 12.2. The van der Waals surface area contributed by atoms with Crippen LogP contribution in [0.1, 0.15) is 148 Å². The fourth-order valence-electron chi connectivity index (χ4n) is 4.02. The van der Waals surface area contributed by atoms with Crippen LogP contribution in [-0.2, 0) is 4.79 Å². The summed E-state index contributed by atoms with van der Waals surface area (Å²) in [7, 11) is 0. The third-order valence-electron chi connectivity index (χ3n) is 4.38. The van der Waals surface area contributed by atoms with Crippen LogP contribution in [0.5, 0.6) is 0 Å². The zero-order chi connectivity index (χ0) is 23.9. The molecule has 0 atom stereocenters. The average molecular weight is 498 g/mol. The minimum Gasteiger partial charge on any atom is -0.648 e. The van der Waals surface area contributed by atoms with Crippen molar-refractivity contribution in [2.45, 2.75) is 154 Å². The van der Waals surface area contributed by atoms with Gasteiger partial charge >= 0.3 is 58.2 Å². The molecule has 1 amide bonds. The second-order valence-corrected chi connectivity index (χ2v) is 12.0. The number of nitrogens with zero attached hydrogens (tertiary/aromatic N) is 1. The maximum atomic E-state index is 12.5. The summed E-state index contributed by atoms with van der Waals surface area (Å²) in [5.74, 6) is 0.0386. The summed E-state index contributed by atoms with van der Waals surface area (Å²) in [6, 6.07) is 0. The first kappa shape index (κ1) is 38.5. The molecule has 0 spiro atoms. The molecule has 2 nitrogen and oxygen atoms in total. The van der Waals surface area contributed by atoms with Crippen LogP contribution in [0.4, 0.5) is 0 Å². The van der Waals surface area contributed by atoms with E-state index in [0.29, 0.717) is 0 Å². The van der Waals surface area contributed by atoms with Gasteiger partial charge in [-0.2, -0.15) is 0 Å². The smallest absolute Gasteiger partial charge is 0.648 e. The second-order valence-electron chi connectivity index (χ2n) is 12.0. The average Bonchev–Trinajstić information content (AvgIpc) is 2.49. The Bertz CT molecular complexity index is 394. The van der Waals surface area contributed by atoms with Gasteiger partial charge in [-0.15, -0.1) is 5.54 Å².